The smallest absolute Gasteiger partial charge is 0.248 e. The molecule has 3 atom stereocenters. The molecule has 0 saturated heterocycles. The normalized spacial score (nSPS) is 29.9. The molecule has 0 heterocycles. The minimum Gasteiger partial charge on any atom is -0.361 e. The lowest BCUT2D eigenvalue weighted by Crippen LogP contribution is -2.49. The van der Waals surface area contributed by atoms with Gasteiger partial charge in [-0.1, -0.05) is 26.7 Å². The fraction of sp³-hybridized carbons (Fsp3) is 0.929. The van der Waals surface area contributed by atoms with Crippen molar-refractivity contribution in [2.24, 2.45) is 11.7 Å². The van der Waals surface area contributed by atoms with Crippen LogP contribution in [0.2, 0.25) is 0 Å². The number of carbonyl (C=O) groups is 1. The van der Waals surface area contributed by atoms with Crippen LogP contribution in [0.15, 0.2) is 0 Å². The number of amides is 1. The van der Waals surface area contributed by atoms with E-state index in [1.807, 2.05) is 13.8 Å². The lowest BCUT2D eigenvalue weighted by atomic mass is 9.78. The number of hydrogen-bond donors (Lipinski definition) is 2. The second-order valence-corrected chi connectivity index (χ2v) is 5.64. The van der Waals surface area contributed by atoms with E-state index in [1.54, 1.807) is 0 Å². The van der Waals surface area contributed by atoms with Crippen LogP contribution in [-0.4, -0.2) is 30.7 Å². The van der Waals surface area contributed by atoms with Crippen molar-refractivity contribution < 1.29 is 9.53 Å². The zero-order valence-electron chi connectivity index (χ0n) is 12.0. The second kappa shape index (κ2) is 7.10. The van der Waals surface area contributed by atoms with Gasteiger partial charge in [0.25, 0.3) is 0 Å². The Balaban J connectivity index is 2.53. The maximum absolute atomic E-state index is 11.8. The largest absolute Gasteiger partial charge is 0.361 e. The van der Waals surface area contributed by atoms with Crippen molar-refractivity contribution in [3.63, 3.8) is 0 Å². The molecule has 0 aromatic heterocycles. The van der Waals surface area contributed by atoms with Gasteiger partial charge in [-0.3, -0.25) is 4.79 Å². The van der Waals surface area contributed by atoms with Crippen LogP contribution in [0.25, 0.3) is 0 Å². The Morgan fingerprint density at radius 3 is 2.89 bits per heavy atom. The fourth-order valence-electron chi connectivity index (χ4n) is 2.77. The quantitative estimate of drug-likeness (QED) is 0.762. The topological polar surface area (TPSA) is 64.3 Å². The Morgan fingerprint density at radius 1 is 1.61 bits per heavy atom. The first-order valence-corrected chi connectivity index (χ1v) is 7.18. The van der Waals surface area contributed by atoms with Crippen molar-refractivity contribution in [3.8, 4) is 0 Å². The van der Waals surface area contributed by atoms with Gasteiger partial charge in [-0.2, -0.15) is 0 Å². The first kappa shape index (κ1) is 15.4. The maximum Gasteiger partial charge on any atom is 0.248 e. The zero-order chi connectivity index (χ0) is 13.6. The Bertz CT molecular complexity index is 271. The van der Waals surface area contributed by atoms with Gasteiger partial charge in [0.2, 0.25) is 5.91 Å². The molecule has 0 radical (unpaired) electrons. The van der Waals surface area contributed by atoms with Crippen LogP contribution in [-0.2, 0) is 9.53 Å². The number of rotatable bonds is 6. The van der Waals surface area contributed by atoms with Crippen molar-refractivity contribution in [1.29, 1.82) is 0 Å². The van der Waals surface area contributed by atoms with E-state index in [2.05, 4.69) is 12.2 Å². The van der Waals surface area contributed by atoms with Gasteiger partial charge >= 0.3 is 0 Å². The molecule has 0 aromatic rings. The maximum atomic E-state index is 11.8. The van der Waals surface area contributed by atoms with E-state index in [1.165, 1.54) is 6.42 Å². The highest BCUT2D eigenvalue weighted by molar-refractivity contribution is 5.80. The summed E-state index contributed by atoms with van der Waals surface area (Å²) in [7, 11) is 0. The highest BCUT2D eigenvalue weighted by Gasteiger charge is 2.37. The molecule has 0 spiro atoms. The van der Waals surface area contributed by atoms with Crippen LogP contribution in [0, 0.1) is 5.92 Å². The first-order valence-electron chi connectivity index (χ1n) is 7.18. The van der Waals surface area contributed by atoms with E-state index in [0.29, 0.717) is 19.0 Å². The summed E-state index contributed by atoms with van der Waals surface area (Å²) in [6.07, 6.45) is 4.85. The Morgan fingerprint density at radius 2 is 2.33 bits per heavy atom. The van der Waals surface area contributed by atoms with Crippen molar-refractivity contribution in [1.82, 2.24) is 5.32 Å². The van der Waals surface area contributed by atoms with E-state index in [4.69, 9.17) is 10.5 Å². The molecule has 0 aliphatic heterocycles. The summed E-state index contributed by atoms with van der Waals surface area (Å²) in [6.45, 7) is 7.30. The number of ether oxygens (including phenoxy) is 1. The molecule has 3 unspecified atom stereocenters. The van der Waals surface area contributed by atoms with E-state index < -0.39 is 6.10 Å². The average molecular weight is 256 g/mol. The third-order valence-electron chi connectivity index (χ3n) is 3.77. The van der Waals surface area contributed by atoms with Gasteiger partial charge in [0, 0.05) is 13.1 Å². The van der Waals surface area contributed by atoms with Crippen molar-refractivity contribution in [2.45, 2.75) is 64.6 Å². The fourth-order valence-corrected chi connectivity index (χ4v) is 2.77. The summed E-state index contributed by atoms with van der Waals surface area (Å²) < 4.78 is 6.02. The van der Waals surface area contributed by atoms with Gasteiger partial charge in [0.1, 0.15) is 6.10 Å². The summed E-state index contributed by atoms with van der Waals surface area (Å²) in [4.78, 5) is 11.8. The summed E-state index contributed by atoms with van der Waals surface area (Å²) in [6, 6.07) is 0. The lowest BCUT2D eigenvalue weighted by Gasteiger charge is -2.40. The summed E-state index contributed by atoms with van der Waals surface area (Å²) in [5.74, 6) is 0.608. The third-order valence-corrected chi connectivity index (χ3v) is 3.77. The van der Waals surface area contributed by atoms with Gasteiger partial charge < -0.3 is 15.8 Å². The van der Waals surface area contributed by atoms with Gasteiger partial charge in [0.05, 0.1) is 5.60 Å². The molecule has 3 N–H and O–H groups in total. The first-order chi connectivity index (χ1) is 8.53. The second-order valence-electron chi connectivity index (χ2n) is 5.64. The highest BCUT2D eigenvalue weighted by Crippen LogP contribution is 2.35. The van der Waals surface area contributed by atoms with Gasteiger partial charge in [0.15, 0.2) is 0 Å². The van der Waals surface area contributed by atoms with Crippen LogP contribution >= 0.6 is 0 Å². The van der Waals surface area contributed by atoms with E-state index in [9.17, 15) is 4.79 Å². The molecule has 0 bridgehead atoms. The molecule has 1 aliphatic carbocycles. The monoisotopic (exact) mass is 256 g/mol. The number of nitrogens with two attached hydrogens (primary N) is 1. The Labute approximate surface area is 111 Å². The van der Waals surface area contributed by atoms with Crippen LogP contribution in [0.3, 0.4) is 0 Å². The minimum absolute atomic E-state index is 0.0251. The van der Waals surface area contributed by atoms with Gasteiger partial charge in [-0.15, -0.1) is 0 Å². The SMILES string of the molecule is CCCNC(=O)C(C)OC1(CN)CCCC(C)C1. The van der Waals surface area contributed by atoms with Crippen molar-refractivity contribution in [3.05, 3.63) is 0 Å². The molecule has 1 aliphatic rings. The van der Waals surface area contributed by atoms with Crippen LogP contribution in [0.5, 0.6) is 0 Å². The summed E-state index contributed by atoms with van der Waals surface area (Å²) in [5.41, 5.74) is 5.60. The number of carbonyl (C=O) groups excluding carboxylic acids is 1. The van der Waals surface area contributed by atoms with E-state index in [0.717, 1.165) is 25.7 Å². The molecule has 0 aromatic carbocycles. The third kappa shape index (κ3) is 4.25. The summed E-state index contributed by atoms with van der Waals surface area (Å²) >= 11 is 0. The predicted molar refractivity (Wildman–Crippen MR) is 73.3 cm³/mol. The molecule has 18 heavy (non-hydrogen) atoms. The standard InChI is InChI=1S/C14H28N2O2/c1-4-8-16-13(17)12(3)18-14(10-15)7-5-6-11(2)9-14/h11-12H,4-10,15H2,1-3H3,(H,16,17). The minimum atomic E-state index is -0.412. The molecule has 4 nitrogen and oxygen atoms in total. The van der Waals surface area contributed by atoms with Crippen molar-refractivity contribution >= 4 is 5.91 Å². The Kier molecular flexibility index (Phi) is 6.09. The van der Waals surface area contributed by atoms with E-state index in [-0.39, 0.29) is 11.5 Å². The summed E-state index contributed by atoms with van der Waals surface area (Å²) in [5, 5.41) is 2.87. The molecule has 106 valence electrons. The average Bonchev–Trinajstić information content (AvgIpc) is 2.35. The molecule has 4 heteroatoms. The van der Waals surface area contributed by atoms with E-state index >= 15 is 0 Å². The number of hydrogen-bond acceptors (Lipinski definition) is 3. The highest BCUT2D eigenvalue weighted by atomic mass is 16.5. The molecule has 1 saturated carbocycles. The lowest BCUT2D eigenvalue weighted by molar-refractivity contribution is -0.151. The Hall–Kier alpha value is -0.610. The van der Waals surface area contributed by atoms with Crippen LogP contribution in [0.4, 0.5) is 0 Å². The molecule has 1 fully saturated rings. The van der Waals surface area contributed by atoms with Gasteiger partial charge in [-0.05, 0) is 32.1 Å². The zero-order valence-corrected chi connectivity index (χ0v) is 12.0. The van der Waals surface area contributed by atoms with Crippen molar-refractivity contribution in [2.75, 3.05) is 13.1 Å². The van der Waals surface area contributed by atoms with Crippen LogP contribution in [0.1, 0.15) is 52.9 Å². The number of nitrogens with one attached hydrogen (secondary N) is 1. The molecular weight excluding hydrogens is 228 g/mol. The molecule has 1 amide bonds. The van der Waals surface area contributed by atoms with Crippen LogP contribution < -0.4 is 11.1 Å². The van der Waals surface area contributed by atoms with Gasteiger partial charge in [-0.25, -0.2) is 0 Å². The molecule has 1 rings (SSSR count). The predicted octanol–water partition coefficient (Wildman–Crippen LogP) is 1.83. The molecular formula is C14H28N2O2.